The van der Waals surface area contributed by atoms with E-state index in [0.717, 1.165) is 16.2 Å². The first-order chi connectivity index (χ1) is 11.4. The zero-order valence-electron chi connectivity index (χ0n) is 12.4. The van der Waals surface area contributed by atoms with Gasteiger partial charge in [0, 0.05) is 5.56 Å². The number of thiophene rings is 1. The van der Waals surface area contributed by atoms with Crippen LogP contribution in [-0.4, -0.2) is 5.90 Å². The highest BCUT2D eigenvalue weighted by atomic mass is 32.1. The number of rotatable bonds is 3. The molecule has 2 nitrogen and oxygen atoms in total. The molecular weight excluding hydrogens is 302 g/mol. The third-order valence-corrected chi connectivity index (χ3v) is 4.56. The number of benzene rings is 2. The monoisotopic (exact) mass is 317 g/mol. The Balaban J connectivity index is 1.78. The lowest BCUT2D eigenvalue weighted by Gasteiger charge is -2.21. The van der Waals surface area contributed by atoms with E-state index in [9.17, 15) is 0 Å². The molecule has 112 valence electrons. The Kier molecular flexibility index (Phi) is 3.78. The Labute approximate surface area is 139 Å². The molecule has 0 aliphatic carbocycles. The van der Waals surface area contributed by atoms with Gasteiger partial charge in [-0.2, -0.15) is 0 Å². The summed E-state index contributed by atoms with van der Waals surface area (Å²) in [5, 5.41) is 2.04. The first kappa shape index (κ1) is 14.0. The van der Waals surface area contributed by atoms with E-state index in [1.165, 1.54) is 5.56 Å². The molecule has 3 heteroatoms. The van der Waals surface area contributed by atoms with Crippen molar-refractivity contribution in [2.45, 2.75) is 6.04 Å². The maximum Gasteiger partial charge on any atom is 0.233 e. The van der Waals surface area contributed by atoms with Gasteiger partial charge in [-0.05, 0) is 23.1 Å². The summed E-state index contributed by atoms with van der Waals surface area (Å²) >= 11 is 1.64. The molecule has 0 amide bonds. The zero-order chi connectivity index (χ0) is 15.5. The van der Waals surface area contributed by atoms with E-state index >= 15 is 0 Å². The van der Waals surface area contributed by atoms with Crippen LogP contribution in [0.15, 0.2) is 89.2 Å². The largest absolute Gasteiger partial charge is 0.438 e. The van der Waals surface area contributed by atoms with Crippen molar-refractivity contribution in [3.63, 3.8) is 0 Å². The zero-order valence-corrected chi connectivity index (χ0v) is 13.2. The lowest BCUT2D eigenvalue weighted by molar-refractivity contribution is 0.487. The van der Waals surface area contributed by atoms with E-state index in [2.05, 4.69) is 30.3 Å². The summed E-state index contributed by atoms with van der Waals surface area (Å²) in [6, 6.07) is 24.5. The molecule has 0 radical (unpaired) electrons. The standard InChI is InChI=1S/C20H15NOS/c1-3-8-15(9-4-1)17-14-18(16-10-5-2-6-11-16)22-20(21-17)19-12-7-13-23-19/h1-14,17H/t17-/m1/s1. The van der Waals surface area contributed by atoms with Gasteiger partial charge in [0.25, 0.3) is 0 Å². The molecule has 0 unspecified atom stereocenters. The molecule has 1 aromatic heterocycles. The summed E-state index contributed by atoms with van der Waals surface area (Å²) in [5.74, 6) is 1.55. The Bertz CT molecular complexity index is 836. The number of hydrogen-bond acceptors (Lipinski definition) is 3. The fourth-order valence-electron chi connectivity index (χ4n) is 2.56. The van der Waals surface area contributed by atoms with Crippen molar-refractivity contribution in [1.82, 2.24) is 0 Å². The molecule has 1 atom stereocenters. The average molecular weight is 317 g/mol. The van der Waals surface area contributed by atoms with Crippen molar-refractivity contribution < 1.29 is 4.74 Å². The quantitative estimate of drug-likeness (QED) is 0.641. The van der Waals surface area contributed by atoms with Crippen LogP contribution >= 0.6 is 11.3 Å². The topological polar surface area (TPSA) is 21.6 Å². The van der Waals surface area contributed by atoms with Crippen LogP contribution in [0.25, 0.3) is 5.76 Å². The SMILES string of the molecule is C1=C(c2ccccc2)OC(c2cccs2)=N[C@H]1c1ccccc1. The summed E-state index contributed by atoms with van der Waals surface area (Å²) in [5.41, 5.74) is 2.23. The summed E-state index contributed by atoms with van der Waals surface area (Å²) < 4.78 is 6.09. The lowest BCUT2D eigenvalue weighted by atomic mass is 10.0. The fraction of sp³-hybridized carbons (Fsp3) is 0.0500. The second-order valence-corrected chi connectivity index (χ2v) is 6.21. The molecule has 0 bridgehead atoms. The maximum absolute atomic E-state index is 6.09. The van der Waals surface area contributed by atoms with E-state index in [1.54, 1.807) is 11.3 Å². The smallest absolute Gasteiger partial charge is 0.233 e. The first-order valence-corrected chi connectivity index (χ1v) is 8.40. The lowest BCUT2D eigenvalue weighted by Crippen LogP contribution is -2.12. The minimum atomic E-state index is -0.0303. The highest BCUT2D eigenvalue weighted by molar-refractivity contribution is 7.12. The molecule has 0 saturated carbocycles. The molecule has 0 N–H and O–H groups in total. The van der Waals surface area contributed by atoms with Crippen molar-refractivity contribution in [2.75, 3.05) is 0 Å². The number of aliphatic imine (C=N–C) groups is 1. The van der Waals surface area contributed by atoms with Crippen LogP contribution in [0.4, 0.5) is 0 Å². The van der Waals surface area contributed by atoms with Crippen LogP contribution in [0, 0.1) is 0 Å². The van der Waals surface area contributed by atoms with Crippen molar-refractivity contribution in [1.29, 1.82) is 0 Å². The molecule has 0 fully saturated rings. The molecule has 2 aromatic carbocycles. The number of nitrogens with zero attached hydrogens (tertiary/aromatic N) is 1. The minimum Gasteiger partial charge on any atom is -0.438 e. The molecule has 3 aromatic rings. The van der Waals surface area contributed by atoms with Gasteiger partial charge in [-0.25, -0.2) is 4.99 Å². The third-order valence-electron chi connectivity index (χ3n) is 3.70. The Morgan fingerprint density at radius 3 is 2.26 bits per heavy atom. The normalized spacial score (nSPS) is 17.1. The van der Waals surface area contributed by atoms with Crippen LogP contribution < -0.4 is 0 Å². The van der Waals surface area contributed by atoms with Crippen molar-refractivity contribution in [3.8, 4) is 0 Å². The van der Waals surface area contributed by atoms with Crippen LogP contribution in [0.5, 0.6) is 0 Å². The Hall–Kier alpha value is -2.65. The van der Waals surface area contributed by atoms with E-state index < -0.39 is 0 Å². The second-order valence-electron chi connectivity index (χ2n) is 5.27. The summed E-state index contributed by atoms with van der Waals surface area (Å²) in [6.07, 6.45) is 2.09. The van der Waals surface area contributed by atoms with E-state index in [4.69, 9.17) is 9.73 Å². The molecule has 2 heterocycles. The van der Waals surface area contributed by atoms with Crippen LogP contribution in [0.2, 0.25) is 0 Å². The van der Waals surface area contributed by atoms with Crippen LogP contribution in [-0.2, 0) is 4.74 Å². The van der Waals surface area contributed by atoms with Gasteiger partial charge in [0.15, 0.2) is 0 Å². The number of ether oxygens (including phenoxy) is 1. The predicted octanol–water partition coefficient (Wildman–Crippen LogP) is 5.31. The summed E-state index contributed by atoms with van der Waals surface area (Å²) in [6.45, 7) is 0. The molecule has 23 heavy (non-hydrogen) atoms. The van der Waals surface area contributed by atoms with Gasteiger partial charge < -0.3 is 4.74 Å². The van der Waals surface area contributed by atoms with Gasteiger partial charge in [0.1, 0.15) is 11.8 Å². The fourth-order valence-corrected chi connectivity index (χ4v) is 3.22. The molecule has 1 aliphatic rings. The van der Waals surface area contributed by atoms with Crippen molar-refractivity contribution >= 4 is 23.0 Å². The van der Waals surface area contributed by atoms with Gasteiger partial charge in [0.05, 0.1) is 4.88 Å². The summed E-state index contributed by atoms with van der Waals surface area (Å²) in [4.78, 5) is 5.85. The molecule has 1 aliphatic heterocycles. The van der Waals surface area contributed by atoms with Crippen LogP contribution in [0.3, 0.4) is 0 Å². The third kappa shape index (κ3) is 2.96. The van der Waals surface area contributed by atoms with E-state index in [-0.39, 0.29) is 6.04 Å². The van der Waals surface area contributed by atoms with E-state index in [0.29, 0.717) is 5.90 Å². The summed E-state index contributed by atoms with van der Waals surface area (Å²) in [7, 11) is 0. The van der Waals surface area contributed by atoms with Gasteiger partial charge in [0.2, 0.25) is 5.90 Å². The van der Waals surface area contributed by atoms with Gasteiger partial charge in [-0.15, -0.1) is 11.3 Å². The van der Waals surface area contributed by atoms with Crippen molar-refractivity contribution in [3.05, 3.63) is 100 Å². The predicted molar refractivity (Wildman–Crippen MR) is 95.5 cm³/mol. The first-order valence-electron chi connectivity index (χ1n) is 7.52. The molecule has 0 saturated heterocycles. The average Bonchev–Trinajstić information content (AvgIpc) is 3.18. The highest BCUT2D eigenvalue weighted by Gasteiger charge is 2.21. The second kappa shape index (κ2) is 6.23. The Morgan fingerprint density at radius 1 is 0.826 bits per heavy atom. The van der Waals surface area contributed by atoms with Gasteiger partial charge in [-0.1, -0.05) is 66.7 Å². The Morgan fingerprint density at radius 2 is 1.57 bits per heavy atom. The van der Waals surface area contributed by atoms with Crippen molar-refractivity contribution in [2.24, 2.45) is 4.99 Å². The van der Waals surface area contributed by atoms with E-state index in [1.807, 2.05) is 53.9 Å². The van der Waals surface area contributed by atoms with Gasteiger partial charge in [-0.3, -0.25) is 0 Å². The van der Waals surface area contributed by atoms with Gasteiger partial charge >= 0.3 is 0 Å². The minimum absolute atomic E-state index is 0.0303. The highest BCUT2D eigenvalue weighted by Crippen LogP contribution is 2.32. The maximum atomic E-state index is 6.09. The molecule has 0 spiro atoms. The van der Waals surface area contributed by atoms with Crippen LogP contribution in [0.1, 0.15) is 22.0 Å². The number of hydrogen-bond donors (Lipinski definition) is 0. The molecule has 4 rings (SSSR count). The molecular formula is C20H15NOS.